The van der Waals surface area contributed by atoms with E-state index in [1.54, 1.807) is 0 Å². The van der Waals surface area contributed by atoms with Crippen LogP contribution >= 0.6 is 0 Å². The number of rotatable bonds is 14. The van der Waals surface area contributed by atoms with Crippen LogP contribution in [0.3, 0.4) is 0 Å². The summed E-state index contributed by atoms with van der Waals surface area (Å²) in [5.41, 5.74) is 0.667. The summed E-state index contributed by atoms with van der Waals surface area (Å²) < 4.78 is 5.98. The molecule has 25 heavy (non-hydrogen) atoms. The molecule has 0 heterocycles. The molecule has 0 saturated carbocycles. The van der Waals surface area contributed by atoms with E-state index in [1.807, 2.05) is 30.3 Å². The molecular weight excluding hydrogens is 308 g/mol. The van der Waals surface area contributed by atoms with Gasteiger partial charge in [0.25, 0.3) is 0 Å². The van der Waals surface area contributed by atoms with Crippen molar-refractivity contribution in [2.75, 3.05) is 0 Å². The van der Waals surface area contributed by atoms with Crippen LogP contribution in [0.2, 0.25) is 0 Å². The number of unbranched alkanes of at least 4 members (excludes halogenated alkanes) is 6. The Morgan fingerprint density at radius 1 is 0.840 bits per heavy atom. The number of benzene rings is 1. The van der Waals surface area contributed by atoms with Crippen LogP contribution in [0.5, 0.6) is 0 Å². The minimum atomic E-state index is -0.161. The zero-order valence-electron chi connectivity index (χ0n) is 16.6. The van der Waals surface area contributed by atoms with Crippen LogP contribution in [0.15, 0.2) is 30.3 Å². The molecule has 0 saturated heterocycles. The molecule has 0 spiro atoms. The Bertz CT molecular complexity index is 441. The van der Waals surface area contributed by atoms with Crippen LogP contribution in [-0.2, 0) is 4.74 Å². The molecule has 0 aliphatic heterocycles. The van der Waals surface area contributed by atoms with Gasteiger partial charge in [0, 0.05) is 0 Å². The van der Waals surface area contributed by atoms with Gasteiger partial charge < -0.3 is 4.74 Å². The van der Waals surface area contributed by atoms with Crippen LogP contribution in [-0.4, -0.2) is 12.1 Å². The molecule has 0 bridgehead atoms. The molecule has 1 aromatic carbocycles. The molecule has 0 radical (unpaired) electrons. The molecule has 0 fully saturated rings. The first-order valence-electron chi connectivity index (χ1n) is 10.5. The molecule has 0 N–H and O–H groups in total. The number of hydrogen-bond donors (Lipinski definition) is 0. The Morgan fingerprint density at radius 3 is 2.12 bits per heavy atom. The van der Waals surface area contributed by atoms with Gasteiger partial charge in [0.05, 0.1) is 5.56 Å². The van der Waals surface area contributed by atoms with Crippen molar-refractivity contribution >= 4 is 5.97 Å². The van der Waals surface area contributed by atoms with E-state index in [-0.39, 0.29) is 12.1 Å². The standard InChI is InChI=1S/C23H38O2/c1-4-7-9-10-11-15-19-22(20(6-3)16-8-5-2)25-23(24)21-17-13-12-14-18-21/h12-14,17-18,20,22H,4-11,15-16,19H2,1-3H3. The van der Waals surface area contributed by atoms with Gasteiger partial charge in [-0.2, -0.15) is 0 Å². The second kappa shape index (κ2) is 13.9. The average Bonchev–Trinajstić information content (AvgIpc) is 2.65. The Kier molecular flexibility index (Phi) is 12.1. The maximum Gasteiger partial charge on any atom is 0.338 e. The summed E-state index contributed by atoms with van der Waals surface area (Å²) in [7, 11) is 0. The summed E-state index contributed by atoms with van der Waals surface area (Å²) in [5.74, 6) is 0.329. The Labute approximate surface area is 155 Å². The van der Waals surface area contributed by atoms with Gasteiger partial charge in [0.2, 0.25) is 0 Å². The lowest BCUT2D eigenvalue weighted by atomic mass is 9.90. The predicted octanol–water partition coefficient (Wildman–Crippen LogP) is 7.18. The van der Waals surface area contributed by atoms with E-state index >= 15 is 0 Å². The van der Waals surface area contributed by atoms with Gasteiger partial charge in [0.1, 0.15) is 6.10 Å². The Morgan fingerprint density at radius 2 is 1.48 bits per heavy atom. The third-order valence-corrected chi connectivity index (χ3v) is 5.09. The van der Waals surface area contributed by atoms with Gasteiger partial charge in [-0.25, -0.2) is 4.79 Å². The first-order chi connectivity index (χ1) is 12.2. The molecule has 0 amide bonds. The third-order valence-electron chi connectivity index (χ3n) is 5.09. The average molecular weight is 347 g/mol. The first kappa shape index (κ1) is 21.7. The highest BCUT2D eigenvalue weighted by Gasteiger charge is 2.23. The Balaban J connectivity index is 2.58. The first-order valence-corrected chi connectivity index (χ1v) is 10.5. The van der Waals surface area contributed by atoms with Gasteiger partial charge in [-0.3, -0.25) is 0 Å². The molecule has 2 nitrogen and oxygen atoms in total. The van der Waals surface area contributed by atoms with E-state index in [2.05, 4.69) is 20.8 Å². The van der Waals surface area contributed by atoms with E-state index in [9.17, 15) is 4.79 Å². The highest BCUT2D eigenvalue weighted by atomic mass is 16.5. The molecule has 142 valence electrons. The van der Waals surface area contributed by atoms with Crippen molar-refractivity contribution in [1.82, 2.24) is 0 Å². The summed E-state index contributed by atoms with van der Waals surface area (Å²) in [4.78, 5) is 12.5. The summed E-state index contributed by atoms with van der Waals surface area (Å²) in [6, 6.07) is 9.41. The Hall–Kier alpha value is -1.31. The summed E-state index contributed by atoms with van der Waals surface area (Å²) in [6.07, 6.45) is 13.4. The van der Waals surface area contributed by atoms with Crippen LogP contribution in [0.1, 0.15) is 102 Å². The maximum absolute atomic E-state index is 12.5. The molecule has 2 heteroatoms. The number of hydrogen-bond acceptors (Lipinski definition) is 2. The highest BCUT2D eigenvalue weighted by Crippen LogP contribution is 2.25. The molecule has 2 unspecified atom stereocenters. The lowest BCUT2D eigenvalue weighted by molar-refractivity contribution is 0.00776. The topological polar surface area (TPSA) is 26.3 Å². The van der Waals surface area contributed by atoms with Crippen molar-refractivity contribution in [3.05, 3.63) is 35.9 Å². The van der Waals surface area contributed by atoms with E-state index in [1.165, 1.54) is 51.4 Å². The van der Waals surface area contributed by atoms with Crippen molar-refractivity contribution in [2.45, 2.75) is 97.5 Å². The fourth-order valence-electron chi connectivity index (χ4n) is 3.42. The quantitative estimate of drug-likeness (QED) is 0.263. The van der Waals surface area contributed by atoms with Gasteiger partial charge in [-0.05, 0) is 43.7 Å². The normalized spacial score (nSPS) is 13.4. The SMILES string of the molecule is CCCCCCCCC(OC(=O)c1ccccc1)C(CC)CCCC. The van der Waals surface area contributed by atoms with Gasteiger partial charge >= 0.3 is 5.97 Å². The molecule has 1 rings (SSSR count). The second-order valence-corrected chi connectivity index (χ2v) is 7.18. The molecule has 1 aromatic rings. The minimum Gasteiger partial charge on any atom is -0.458 e. The predicted molar refractivity (Wildman–Crippen MR) is 107 cm³/mol. The summed E-state index contributed by atoms with van der Waals surface area (Å²) >= 11 is 0. The number of carbonyl (C=O) groups is 1. The smallest absolute Gasteiger partial charge is 0.338 e. The molecule has 0 aliphatic carbocycles. The van der Waals surface area contributed by atoms with Crippen molar-refractivity contribution < 1.29 is 9.53 Å². The monoisotopic (exact) mass is 346 g/mol. The third kappa shape index (κ3) is 9.09. The second-order valence-electron chi connectivity index (χ2n) is 7.18. The van der Waals surface area contributed by atoms with Crippen molar-refractivity contribution in [1.29, 1.82) is 0 Å². The fraction of sp³-hybridized carbons (Fsp3) is 0.696. The van der Waals surface area contributed by atoms with Crippen molar-refractivity contribution in [3.63, 3.8) is 0 Å². The van der Waals surface area contributed by atoms with E-state index in [0.717, 1.165) is 19.3 Å². The zero-order chi connectivity index (χ0) is 18.3. The van der Waals surface area contributed by atoms with Crippen molar-refractivity contribution in [2.24, 2.45) is 5.92 Å². The largest absolute Gasteiger partial charge is 0.458 e. The van der Waals surface area contributed by atoms with Gasteiger partial charge in [-0.1, -0.05) is 83.9 Å². The summed E-state index contributed by atoms with van der Waals surface area (Å²) in [6.45, 7) is 6.70. The van der Waals surface area contributed by atoms with E-state index in [0.29, 0.717) is 11.5 Å². The van der Waals surface area contributed by atoms with E-state index in [4.69, 9.17) is 4.74 Å². The minimum absolute atomic E-state index is 0.0652. The molecule has 2 atom stereocenters. The number of carbonyl (C=O) groups excluding carboxylic acids is 1. The molecule has 0 aromatic heterocycles. The van der Waals surface area contributed by atoms with Crippen LogP contribution in [0, 0.1) is 5.92 Å². The molecular formula is C23H38O2. The van der Waals surface area contributed by atoms with Gasteiger partial charge in [-0.15, -0.1) is 0 Å². The molecule has 0 aliphatic rings. The maximum atomic E-state index is 12.5. The lowest BCUT2D eigenvalue weighted by Gasteiger charge is -2.26. The fourth-order valence-corrected chi connectivity index (χ4v) is 3.42. The van der Waals surface area contributed by atoms with Gasteiger partial charge in [0.15, 0.2) is 0 Å². The number of esters is 1. The van der Waals surface area contributed by atoms with Crippen molar-refractivity contribution in [3.8, 4) is 0 Å². The lowest BCUT2D eigenvalue weighted by Crippen LogP contribution is -2.27. The zero-order valence-corrected chi connectivity index (χ0v) is 16.6. The van der Waals surface area contributed by atoms with Crippen LogP contribution < -0.4 is 0 Å². The highest BCUT2D eigenvalue weighted by molar-refractivity contribution is 5.89. The summed E-state index contributed by atoms with van der Waals surface area (Å²) in [5, 5.41) is 0. The van der Waals surface area contributed by atoms with Crippen LogP contribution in [0.4, 0.5) is 0 Å². The number of ether oxygens (including phenoxy) is 1. The van der Waals surface area contributed by atoms with Crippen LogP contribution in [0.25, 0.3) is 0 Å². The van der Waals surface area contributed by atoms with E-state index < -0.39 is 0 Å².